The Labute approximate surface area is 209 Å². The van der Waals surface area contributed by atoms with E-state index in [-0.39, 0.29) is 36.2 Å². The lowest BCUT2D eigenvalue weighted by atomic mass is 10.00. The number of aromatic hydroxyl groups is 1. The molecule has 190 valence electrons. The van der Waals surface area contributed by atoms with E-state index in [1.54, 1.807) is 35.2 Å². The summed E-state index contributed by atoms with van der Waals surface area (Å²) in [5.41, 5.74) is 0.668. The quantitative estimate of drug-likeness (QED) is 0.493. The van der Waals surface area contributed by atoms with Gasteiger partial charge in [0.05, 0.1) is 0 Å². The van der Waals surface area contributed by atoms with Gasteiger partial charge in [0.2, 0.25) is 17.6 Å². The van der Waals surface area contributed by atoms with Crippen LogP contribution in [0.2, 0.25) is 0 Å². The first-order valence-electron chi connectivity index (χ1n) is 12.7. The first-order valence-corrected chi connectivity index (χ1v) is 12.7. The number of amides is 2. The average Bonchev–Trinajstić information content (AvgIpc) is 3.66. The highest BCUT2D eigenvalue weighted by atomic mass is 16.3. The van der Waals surface area contributed by atoms with Crippen LogP contribution in [0.3, 0.4) is 0 Å². The fraction of sp³-hybridized carbons (Fsp3) is 0.500. The fourth-order valence-electron chi connectivity index (χ4n) is 5.35. The molecule has 10 nitrogen and oxygen atoms in total. The topological polar surface area (TPSA) is 126 Å². The van der Waals surface area contributed by atoms with Gasteiger partial charge in [-0.05, 0) is 67.6 Å². The second-order valence-electron chi connectivity index (χ2n) is 9.78. The second kappa shape index (κ2) is 10.5. The highest BCUT2D eigenvalue weighted by Gasteiger charge is 2.38. The summed E-state index contributed by atoms with van der Waals surface area (Å²) in [6.45, 7) is 1.69. The number of carbonyl (C=O) groups is 2. The number of nitrogens with one attached hydrogen (secondary N) is 1. The summed E-state index contributed by atoms with van der Waals surface area (Å²) in [6, 6.07) is 9.36. The van der Waals surface area contributed by atoms with Crippen molar-refractivity contribution in [2.24, 2.45) is 0 Å². The number of phenols is 1. The molecule has 2 N–H and O–H groups in total. The zero-order chi connectivity index (χ0) is 25.1. The van der Waals surface area contributed by atoms with Gasteiger partial charge in [-0.1, -0.05) is 37.8 Å². The third kappa shape index (κ3) is 5.27. The van der Waals surface area contributed by atoms with E-state index >= 15 is 0 Å². The molecule has 2 fully saturated rings. The Morgan fingerprint density at radius 1 is 1.08 bits per heavy atom. The van der Waals surface area contributed by atoms with Gasteiger partial charge in [0, 0.05) is 12.1 Å². The van der Waals surface area contributed by atoms with Gasteiger partial charge in [-0.15, -0.1) is 10.2 Å². The molecule has 0 radical (unpaired) electrons. The fourth-order valence-corrected chi connectivity index (χ4v) is 5.35. The minimum Gasteiger partial charge on any atom is -0.508 e. The maximum Gasteiger partial charge on any atom is 0.247 e. The van der Waals surface area contributed by atoms with Crippen LogP contribution in [0, 0.1) is 6.92 Å². The molecular weight excluding hydrogens is 460 g/mol. The lowest BCUT2D eigenvalue weighted by molar-refractivity contribution is -0.144. The molecular formula is C26H32N6O4. The molecule has 2 heterocycles. The first kappa shape index (κ1) is 24.0. The molecule has 3 aromatic rings. The van der Waals surface area contributed by atoms with Crippen molar-refractivity contribution in [1.82, 2.24) is 30.4 Å². The van der Waals surface area contributed by atoms with Gasteiger partial charge in [-0.3, -0.25) is 9.59 Å². The Morgan fingerprint density at radius 2 is 1.78 bits per heavy atom. The van der Waals surface area contributed by atoms with Crippen molar-refractivity contribution < 1.29 is 19.1 Å². The van der Waals surface area contributed by atoms with Crippen LogP contribution in [-0.4, -0.2) is 54.1 Å². The second-order valence-corrected chi connectivity index (χ2v) is 9.78. The summed E-state index contributed by atoms with van der Waals surface area (Å²) in [5, 5.41) is 25.5. The van der Waals surface area contributed by atoms with E-state index in [1.807, 2.05) is 13.0 Å². The maximum atomic E-state index is 13.8. The normalized spacial score (nSPS) is 17.4. The first-order chi connectivity index (χ1) is 17.5. The molecule has 36 heavy (non-hydrogen) atoms. The molecule has 1 atom stereocenters. The molecule has 2 saturated carbocycles. The lowest BCUT2D eigenvalue weighted by Gasteiger charge is -2.36. The van der Waals surface area contributed by atoms with Gasteiger partial charge in [-0.2, -0.15) is 4.80 Å². The number of phenolic OH excluding ortho intramolecular Hbond substituents is 1. The number of tetrazole rings is 1. The van der Waals surface area contributed by atoms with Gasteiger partial charge >= 0.3 is 0 Å². The van der Waals surface area contributed by atoms with Crippen LogP contribution < -0.4 is 5.32 Å². The Kier molecular flexibility index (Phi) is 7.02. The molecule has 2 aromatic heterocycles. The molecule has 0 aliphatic heterocycles. The van der Waals surface area contributed by atoms with Crippen LogP contribution in [0.5, 0.6) is 5.75 Å². The highest BCUT2D eigenvalue weighted by Crippen LogP contribution is 2.33. The van der Waals surface area contributed by atoms with Crippen molar-refractivity contribution in [3.05, 3.63) is 47.7 Å². The van der Waals surface area contributed by atoms with Crippen molar-refractivity contribution in [1.29, 1.82) is 0 Å². The average molecular weight is 493 g/mol. The van der Waals surface area contributed by atoms with Crippen LogP contribution >= 0.6 is 0 Å². The predicted octanol–water partition coefficient (Wildman–Crippen LogP) is 3.52. The van der Waals surface area contributed by atoms with Gasteiger partial charge in [-0.25, -0.2) is 0 Å². The standard InChI is InChI=1S/C26H32N6O4/c1-17-10-15-22(36-17)25-28-30-31(29-25)16-23(34)32(20-8-4-5-9-20)24(18-11-13-21(33)14-12-18)26(35)27-19-6-2-3-7-19/h10-15,19-20,24,33H,2-9,16H2,1H3,(H,27,35)/t24-/m1/s1. The number of hydrogen-bond acceptors (Lipinski definition) is 7. The number of nitrogens with zero attached hydrogens (tertiary/aromatic N) is 5. The molecule has 0 unspecified atom stereocenters. The van der Waals surface area contributed by atoms with Crippen molar-refractivity contribution in [3.63, 3.8) is 0 Å². The Hall–Kier alpha value is -3.69. The third-order valence-electron chi connectivity index (χ3n) is 7.13. The van der Waals surface area contributed by atoms with Crippen molar-refractivity contribution in [2.45, 2.75) is 83.0 Å². The minimum absolute atomic E-state index is 0.0682. The van der Waals surface area contributed by atoms with E-state index in [4.69, 9.17) is 4.42 Å². The summed E-state index contributed by atoms with van der Waals surface area (Å²) in [6.07, 6.45) is 7.75. The molecule has 5 rings (SSSR count). The van der Waals surface area contributed by atoms with Gasteiger partial charge in [0.15, 0.2) is 5.76 Å². The van der Waals surface area contributed by atoms with Crippen molar-refractivity contribution in [2.75, 3.05) is 0 Å². The van der Waals surface area contributed by atoms with Crippen LogP contribution in [-0.2, 0) is 16.1 Å². The predicted molar refractivity (Wildman–Crippen MR) is 131 cm³/mol. The SMILES string of the molecule is Cc1ccc(-c2nnn(CC(=O)N(C3CCCC3)[C@@H](C(=O)NC3CCCC3)c3ccc(O)cc3)n2)o1. The Bertz CT molecular complexity index is 1190. The summed E-state index contributed by atoms with van der Waals surface area (Å²) < 4.78 is 5.57. The molecule has 2 aliphatic rings. The van der Waals surface area contributed by atoms with Crippen molar-refractivity contribution in [3.8, 4) is 17.3 Å². The number of hydrogen-bond donors (Lipinski definition) is 2. The number of aryl methyl sites for hydroxylation is 1. The Morgan fingerprint density at radius 3 is 2.44 bits per heavy atom. The maximum absolute atomic E-state index is 13.8. The summed E-state index contributed by atoms with van der Waals surface area (Å²) in [4.78, 5) is 30.5. The number of aromatic nitrogens is 4. The van der Waals surface area contributed by atoms with Crippen molar-refractivity contribution >= 4 is 11.8 Å². The minimum atomic E-state index is -0.808. The molecule has 2 aliphatic carbocycles. The molecule has 2 amide bonds. The van der Waals surface area contributed by atoms with Crippen LogP contribution in [0.4, 0.5) is 0 Å². The highest BCUT2D eigenvalue weighted by molar-refractivity contribution is 5.89. The van der Waals surface area contributed by atoms with E-state index in [9.17, 15) is 14.7 Å². The number of carbonyl (C=O) groups excluding carboxylic acids is 2. The van der Waals surface area contributed by atoms with Gasteiger partial charge < -0.3 is 19.7 Å². The summed E-state index contributed by atoms with van der Waals surface area (Å²) in [7, 11) is 0. The number of furan rings is 1. The molecule has 10 heteroatoms. The van der Waals surface area contributed by atoms with E-state index in [2.05, 4.69) is 20.7 Å². The zero-order valence-corrected chi connectivity index (χ0v) is 20.5. The van der Waals surface area contributed by atoms with Gasteiger partial charge in [0.25, 0.3) is 0 Å². The van der Waals surface area contributed by atoms with Crippen LogP contribution in [0.1, 0.15) is 68.7 Å². The smallest absolute Gasteiger partial charge is 0.247 e. The molecule has 0 saturated heterocycles. The van der Waals surface area contributed by atoms with Crippen LogP contribution in [0.25, 0.3) is 11.6 Å². The van der Waals surface area contributed by atoms with E-state index in [0.29, 0.717) is 17.1 Å². The van der Waals surface area contributed by atoms with Gasteiger partial charge in [0.1, 0.15) is 24.1 Å². The summed E-state index contributed by atoms with van der Waals surface area (Å²) >= 11 is 0. The van der Waals surface area contributed by atoms with E-state index in [0.717, 1.165) is 57.1 Å². The third-order valence-corrected chi connectivity index (χ3v) is 7.13. The molecule has 1 aromatic carbocycles. The molecule has 0 bridgehead atoms. The Balaban J connectivity index is 1.43. The molecule has 0 spiro atoms. The lowest BCUT2D eigenvalue weighted by Crippen LogP contribution is -2.50. The largest absolute Gasteiger partial charge is 0.508 e. The van der Waals surface area contributed by atoms with E-state index < -0.39 is 6.04 Å². The zero-order valence-electron chi connectivity index (χ0n) is 20.5. The number of benzene rings is 1. The number of rotatable bonds is 8. The van der Waals surface area contributed by atoms with E-state index in [1.165, 1.54) is 4.80 Å². The van der Waals surface area contributed by atoms with Crippen LogP contribution in [0.15, 0.2) is 40.8 Å². The monoisotopic (exact) mass is 492 g/mol. The summed E-state index contributed by atoms with van der Waals surface area (Å²) in [5.74, 6) is 1.19.